The molecule has 0 aliphatic carbocycles. The lowest BCUT2D eigenvalue weighted by atomic mass is 10.0. The fourth-order valence-corrected chi connectivity index (χ4v) is 5.52. The van der Waals surface area contributed by atoms with Crippen LogP contribution in [0.25, 0.3) is 0 Å². The van der Waals surface area contributed by atoms with Crippen molar-refractivity contribution in [1.82, 2.24) is 9.21 Å². The van der Waals surface area contributed by atoms with Crippen molar-refractivity contribution >= 4 is 15.9 Å². The van der Waals surface area contributed by atoms with Crippen molar-refractivity contribution in [3.8, 4) is 0 Å². The van der Waals surface area contributed by atoms with Gasteiger partial charge in [0.2, 0.25) is 15.9 Å². The average Bonchev–Trinajstić information content (AvgIpc) is 3.46. The van der Waals surface area contributed by atoms with Crippen molar-refractivity contribution in [3.63, 3.8) is 0 Å². The Kier molecular flexibility index (Phi) is 6.77. The molecule has 1 fully saturated rings. The highest BCUT2D eigenvalue weighted by atomic mass is 32.2. The first-order chi connectivity index (χ1) is 15.4. The zero-order valence-electron chi connectivity index (χ0n) is 18.2. The molecule has 168 valence electrons. The maximum Gasteiger partial charge on any atom is 0.243 e. The SMILES string of the molecule is Cc1ccc(S(=O)(=O)N(CC(=O)N2CCCC2Cc2ccccc2)Cc2ccco2)cc1. The van der Waals surface area contributed by atoms with Gasteiger partial charge in [0.05, 0.1) is 24.2 Å². The summed E-state index contributed by atoms with van der Waals surface area (Å²) in [5, 5.41) is 0. The van der Waals surface area contributed by atoms with Gasteiger partial charge in [0, 0.05) is 12.6 Å². The Labute approximate surface area is 189 Å². The number of carbonyl (C=O) groups is 1. The number of nitrogens with zero attached hydrogens (tertiary/aromatic N) is 2. The normalized spacial score (nSPS) is 16.6. The first-order valence-corrected chi connectivity index (χ1v) is 12.3. The highest BCUT2D eigenvalue weighted by molar-refractivity contribution is 7.89. The first kappa shape index (κ1) is 22.3. The summed E-state index contributed by atoms with van der Waals surface area (Å²) in [6.07, 6.45) is 4.12. The fraction of sp³-hybridized carbons (Fsp3) is 0.320. The van der Waals surface area contributed by atoms with Crippen LogP contribution < -0.4 is 0 Å². The van der Waals surface area contributed by atoms with E-state index in [0.717, 1.165) is 24.8 Å². The highest BCUT2D eigenvalue weighted by Crippen LogP contribution is 2.24. The summed E-state index contributed by atoms with van der Waals surface area (Å²) in [5.41, 5.74) is 2.15. The minimum atomic E-state index is -3.87. The Hall–Kier alpha value is -2.90. The third kappa shape index (κ3) is 5.11. The number of benzene rings is 2. The average molecular weight is 453 g/mol. The van der Waals surface area contributed by atoms with Gasteiger partial charge in [-0.25, -0.2) is 8.42 Å². The molecule has 1 aliphatic rings. The predicted octanol–water partition coefficient (Wildman–Crippen LogP) is 4.01. The van der Waals surface area contributed by atoms with Crippen molar-refractivity contribution in [2.75, 3.05) is 13.1 Å². The van der Waals surface area contributed by atoms with Crippen LogP contribution in [-0.4, -0.2) is 42.7 Å². The van der Waals surface area contributed by atoms with Gasteiger partial charge in [-0.15, -0.1) is 0 Å². The van der Waals surface area contributed by atoms with Gasteiger partial charge >= 0.3 is 0 Å². The Morgan fingerprint density at radius 3 is 2.50 bits per heavy atom. The van der Waals surface area contributed by atoms with Crippen LogP contribution in [0.5, 0.6) is 0 Å². The van der Waals surface area contributed by atoms with E-state index in [9.17, 15) is 13.2 Å². The molecule has 3 aromatic rings. The zero-order valence-corrected chi connectivity index (χ0v) is 19.0. The molecular formula is C25H28N2O4S. The molecule has 32 heavy (non-hydrogen) atoms. The summed E-state index contributed by atoms with van der Waals surface area (Å²) in [7, 11) is -3.87. The van der Waals surface area contributed by atoms with Crippen LogP contribution in [0.2, 0.25) is 0 Å². The largest absolute Gasteiger partial charge is 0.468 e. The maximum absolute atomic E-state index is 13.4. The molecular weight excluding hydrogens is 424 g/mol. The number of amides is 1. The maximum atomic E-state index is 13.4. The molecule has 7 heteroatoms. The second kappa shape index (κ2) is 9.71. The van der Waals surface area contributed by atoms with Gasteiger partial charge in [-0.1, -0.05) is 48.0 Å². The summed E-state index contributed by atoms with van der Waals surface area (Å²) in [5.74, 6) is 0.321. The van der Waals surface area contributed by atoms with Crippen molar-refractivity contribution < 1.29 is 17.6 Å². The Balaban J connectivity index is 1.55. The lowest BCUT2D eigenvalue weighted by molar-refractivity contribution is -0.132. The molecule has 1 aromatic heterocycles. The molecule has 4 rings (SSSR count). The van der Waals surface area contributed by atoms with Gasteiger partial charge in [-0.05, 0) is 56.0 Å². The number of likely N-dealkylation sites (tertiary alicyclic amines) is 1. The lowest BCUT2D eigenvalue weighted by Crippen LogP contribution is -2.45. The fourth-order valence-electron chi connectivity index (χ4n) is 4.17. The molecule has 0 spiro atoms. The number of hydrogen-bond donors (Lipinski definition) is 0. The van der Waals surface area contributed by atoms with Gasteiger partial charge in [0.15, 0.2) is 0 Å². The van der Waals surface area contributed by atoms with Crippen LogP contribution in [0, 0.1) is 6.92 Å². The number of sulfonamides is 1. The van der Waals surface area contributed by atoms with Crippen LogP contribution in [0.15, 0.2) is 82.3 Å². The van der Waals surface area contributed by atoms with E-state index in [1.807, 2.05) is 30.0 Å². The molecule has 0 bridgehead atoms. The number of furan rings is 1. The van der Waals surface area contributed by atoms with E-state index in [2.05, 4.69) is 12.1 Å². The third-order valence-corrected chi connectivity index (χ3v) is 7.70. The number of aryl methyl sites for hydroxylation is 1. The Morgan fingerprint density at radius 2 is 1.81 bits per heavy atom. The van der Waals surface area contributed by atoms with Crippen LogP contribution in [0.4, 0.5) is 0 Å². The van der Waals surface area contributed by atoms with Crippen molar-refractivity contribution in [2.45, 2.75) is 43.7 Å². The van der Waals surface area contributed by atoms with Crippen molar-refractivity contribution in [2.24, 2.45) is 0 Å². The van der Waals surface area contributed by atoms with Crippen molar-refractivity contribution in [3.05, 3.63) is 89.9 Å². The van der Waals surface area contributed by atoms with Gasteiger partial charge in [-0.3, -0.25) is 4.79 Å². The Bertz CT molecular complexity index is 1130. The number of rotatable bonds is 8. The molecule has 0 radical (unpaired) electrons. The van der Waals surface area contributed by atoms with E-state index in [0.29, 0.717) is 12.3 Å². The van der Waals surface area contributed by atoms with E-state index >= 15 is 0 Å². The monoisotopic (exact) mass is 452 g/mol. The van der Waals surface area contributed by atoms with Gasteiger partial charge in [0.25, 0.3) is 0 Å². The Morgan fingerprint density at radius 1 is 1.06 bits per heavy atom. The summed E-state index contributed by atoms with van der Waals surface area (Å²) >= 11 is 0. The van der Waals surface area contributed by atoms with E-state index in [1.165, 1.54) is 16.1 Å². The van der Waals surface area contributed by atoms with Crippen LogP contribution in [-0.2, 0) is 27.8 Å². The van der Waals surface area contributed by atoms with E-state index < -0.39 is 10.0 Å². The zero-order chi connectivity index (χ0) is 22.6. The van der Waals surface area contributed by atoms with Crippen LogP contribution in [0.3, 0.4) is 0 Å². The van der Waals surface area contributed by atoms with E-state index in [4.69, 9.17) is 4.42 Å². The van der Waals surface area contributed by atoms with Gasteiger partial charge in [0.1, 0.15) is 5.76 Å². The molecule has 0 N–H and O–H groups in total. The summed E-state index contributed by atoms with van der Waals surface area (Å²) in [4.78, 5) is 15.3. The number of hydrogen-bond acceptors (Lipinski definition) is 4. The molecule has 1 amide bonds. The topological polar surface area (TPSA) is 70.8 Å². The lowest BCUT2D eigenvalue weighted by Gasteiger charge is -2.28. The number of carbonyl (C=O) groups excluding carboxylic acids is 1. The van der Waals surface area contributed by atoms with Crippen LogP contribution in [0.1, 0.15) is 29.7 Å². The van der Waals surface area contributed by atoms with Gasteiger partial charge < -0.3 is 9.32 Å². The molecule has 0 saturated carbocycles. The molecule has 1 atom stereocenters. The van der Waals surface area contributed by atoms with Gasteiger partial charge in [-0.2, -0.15) is 4.31 Å². The summed E-state index contributed by atoms with van der Waals surface area (Å²) < 4.78 is 33.4. The standard InChI is InChI=1S/C25H28N2O4S/c1-20-11-13-24(14-12-20)32(29,30)26(18-23-10-6-16-31-23)19-25(28)27-15-5-9-22(27)17-21-7-3-2-4-8-21/h2-4,6-8,10-14,16,22H,5,9,15,17-19H2,1H3. The summed E-state index contributed by atoms with van der Waals surface area (Å²) in [6, 6.07) is 20.3. The first-order valence-electron chi connectivity index (χ1n) is 10.9. The minimum absolute atomic E-state index is 0.00609. The molecule has 1 aliphatic heterocycles. The molecule has 2 heterocycles. The van der Waals surface area contributed by atoms with E-state index in [-0.39, 0.29) is 29.9 Å². The molecule has 2 aromatic carbocycles. The second-order valence-corrected chi connectivity index (χ2v) is 10.2. The quantitative estimate of drug-likeness (QED) is 0.518. The molecule has 1 unspecified atom stereocenters. The van der Waals surface area contributed by atoms with Crippen LogP contribution >= 0.6 is 0 Å². The van der Waals surface area contributed by atoms with Crippen molar-refractivity contribution in [1.29, 1.82) is 0 Å². The second-order valence-electron chi connectivity index (χ2n) is 8.24. The smallest absolute Gasteiger partial charge is 0.243 e. The summed E-state index contributed by atoms with van der Waals surface area (Å²) in [6.45, 7) is 2.34. The minimum Gasteiger partial charge on any atom is -0.468 e. The molecule has 6 nitrogen and oxygen atoms in total. The third-order valence-electron chi connectivity index (χ3n) is 5.89. The van der Waals surface area contributed by atoms with E-state index in [1.54, 1.807) is 36.4 Å². The molecule has 1 saturated heterocycles. The highest BCUT2D eigenvalue weighted by Gasteiger charge is 2.33. The predicted molar refractivity (Wildman–Crippen MR) is 122 cm³/mol.